The Kier molecular flexibility index (Phi) is 12.8. The second kappa shape index (κ2) is 15.1. The third kappa shape index (κ3) is 9.82. The summed E-state index contributed by atoms with van der Waals surface area (Å²) >= 11 is 0. The van der Waals surface area contributed by atoms with Crippen LogP contribution in [0.3, 0.4) is 0 Å². The first kappa shape index (κ1) is 33.1. The molecule has 0 aromatic heterocycles. The Labute approximate surface area is 233 Å². The lowest BCUT2D eigenvalue weighted by Crippen LogP contribution is -2.61. The second-order valence-corrected chi connectivity index (χ2v) is 14.3. The monoisotopic (exact) mass is 567 g/mol. The number of amides is 2. The number of nitrogens with zero attached hydrogens (tertiary/aromatic N) is 1. The topological polar surface area (TPSA) is 133 Å². The van der Waals surface area contributed by atoms with Crippen LogP contribution in [0, 0.1) is 11.3 Å². The van der Waals surface area contributed by atoms with E-state index in [2.05, 4.69) is 0 Å². The minimum absolute atomic E-state index is 0.128. The molecule has 1 fully saturated rings. The number of ether oxygens (including phenoxy) is 2. The molecule has 1 saturated heterocycles. The fraction of sp³-hybridized carbons (Fsp3) is 0.690. The molecule has 3 unspecified atom stereocenters. The van der Waals surface area contributed by atoms with E-state index < -0.39 is 42.0 Å². The van der Waals surface area contributed by atoms with Crippen molar-refractivity contribution in [1.82, 2.24) is 0 Å². The summed E-state index contributed by atoms with van der Waals surface area (Å²) in [7, 11) is -3.63. The number of quaternary nitrogens is 1. The van der Waals surface area contributed by atoms with Crippen LogP contribution < -0.4 is 5.73 Å². The van der Waals surface area contributed by atoms with Gasteiger partial charge in [0.1, 0.15) is 6.04 Å². The number of esters is 1. The number of benzene rings is 1. The number of carbonyl (C=O) groups excluding carboxylic acids is 3. The Hall–Kier alpha value is -2.06. The molecule has 39 heavy (non-hydrogen) atoms. The van der Waals surface area contributed by atoms with Crippen LogP contribution in [0.5, 0.6) is 0 Å². The summed E-state index contributed by atoms with van der Waals surface area (Å²) < 4.78 is 23.2. The van der Waals surface area contributed by atoms with Crippen LogP contribution in [-0.4, -0.2) is 65.6 Å². The first-order chi connectivity index (χ1) is 18.3. The molecule has 0 radical (unpaired) electrons. The van der Waals surface area contributed by atoms with E-state index in [0.717, 1.165) is 12.8 Å². The van der Waals surface area contributed by atoms with Gasteiger partial charge in [0.15, 0.2) is 0 Å². The molecule has 1 heterocycles. The number of likely N-dealkylation sites (tertiary alicyclic amines) is 1. The van der Waals surface area contributed by atoms with Crippen molar-refractivity contribution < 1.29 is 37.8 Å². The smallest absolute Gasteiger partial charge is 0.427 e. The predicted octanol–water partition coefficient (Wildman–Crippen LogP) is 5.23. The van der Waals surface area contributed by atoms with Gasteiger partial charge in [-0.2, -0.15) is 9.28 Å². The first-order valence-corrected chi connectivity index (χ1v) is 16.2. The van der Waals surface area contributed by atoms with Gasteiger partial charge in [0.2, 0.25) is 14.2 Å². The predicted molar refractivity (Wildman–Crippen MR) is 151 cm³/mol. The van der Waals surface area contributed by atoms with E-state index in [1.165, 1.54) is 5.56 Å². The average Bonchev–Trinajstić information content (AvgIpc) is 3.27. The Morgan fingerprint density at radius 2 is 1.79 bits per heavy atom. The normalized spacial score (nSPS) is 21.6. The van der Waals surface area contributed by atoms with Gasteiger partial charge in [-0.05, 0) is 71.9 Å². The summed E-state index contributed by atoms with van der Waals surface area (Å²) in [5.74, 6) is -1.68. The zero-order valence-corrected chi connectivity index (χ0v) is 25.0. The molecular formula is C29H48N2O7P+. The Morgan fingerprint density at radius 3 is 2.38 bits per heavy atom. The first-order valence-electron chi connectivity index (χ1n) is 14.1. The molecule has 0 saturated carbocycles. The van der Waals surface area contributed by atoms with Crippen LogP contribution >= 0.6 is 7.37 Å². The van der Waals surface area contributed by atoms with Crippen LogP contribution in [0.25, 0.3) is 0 Å². The van der Waals surface area contributed by atoms with Gasteiger partial charge in [0.05, 0.1) is 17.9 Å². The van der Waals surface area contributed by atoms with Crippen molar-refractivity contribution in [2.75, 3.05) is 32.2 Å². The van der Waals surface area contributed by atoms with E-state index in [-0.39, 0.29) is 30.8 Å². The SMILES string of the molecule is C[C@@H]1CCC[N+]1(C(=O)OCOC(=O)C(C)(C)C)C(=O)C(CCCCN)CP(=O)(O)CCCCc1ccccc1. The number of rotatable bonds is 14. The Bertz CT molecular complexity index is 995. The molecule has 0 bridgehead atoms. The summed E-state index contributed by atoms with van der Waals surface area (Å²) in [6.07, 6.45) is 4.33. The maximum Gasteiger partial charge on any atom is 0.526 e. The molecule has 1 aliphatic rings. The molecule has 0 aliphatic carbocycles. The number of hydrogen-bond acceptors (Lipinski definition) is 7. The summed E-state index contributed by atoms with van der Waals surface area (Å²) in [6, 6.07) is 9.63. The van der Waals surface area contributed by atoms with Gasteiger partial charge in [0.25, 0.3) is 0 Å². The van der Waals surface area contributed by atoms with Gasteiger partial charge < -0.3 is 20.1 Å². The molecule has 0 spiro atoms. The number of aryl methyl sites for hydroxylation is 1. The molecule has 2 amide bonds. The van der Waals surface area contributed by atoms with Crippen LogP contribution in [-0.2, 0) is 30.0 Å². The van der Waals surface area contributed by atoms with Crippen LogP contribution in [0.15, 0.2) is 30.3 Å². The van der Waals surface area contributed by atoms with E-state index in [4.69, 9.17) is 15.2 Å². The van der Waals surface area contributed by atoms with Crippen molar-refractivity contribution in [3.8, 4) is 0 Å². The van der Waals surface area contributed by atoms with E-state index in [1.807, 2.05) is 37.3 Å². The lowest BCUT2D eigenvalue weighted by atomic mass is 9.98. The maximum atomic E-state index is 14.1. The third-order valence-corrected chi connectivity index (χ3v) is 9.54. The molecule has 10 heteroatoms. The van der Waals surface area contributed by atoms with Gasteiger partial charge in [0, 0.05) is 25.2 Å². The highest BCUT2D eigenvalue weighted by atomic mass is 31.2. The average molecular weight is 568 g/mol. The summed E-state index contributed by atoms with van der Waals surface area (Å²) in [4.78, 5) is 50.4. The van der Waals surface area contributed by atoms with Crippen LogP contribution in [0.2, 0.25) is 0 Å². The van der Waals surface area contributed by atoms with Gasteiger partial charge in [-0.15, -0.1) is 0 Å². The number of hydrogen-bond donors (Lipinski definition) is 2. The molecule has 9 nitrogen and oxygen atoms in total. The standard InChI is InChI=1S/C29H47N2O7P/c1-23-13-12-19-31(23,28(34)38-22-37-27(33)29(2,3)4)26(32)25(17-8-10-18-30)21-39(35,36)20-11-9-16-24-14-6-5-7-15-24/h5-7,14-15,23,25H,8-13,16-22,30H2,1-4H3/p+1/t23-,25?,31?/m1/s1. The van der Waals surface area contributed by atoms with E-state index in [0.29, 0.717) is 45.1 Å². The fourth-order valence-electron chi connectivity index (χ4n) is 5.15. The number of nitrogens with two attached hydrogens (primary N) is 1. The van der Waals surface area contributed by atoms with Crippen molar-refractivity contribution in [3.05, 3.63) is 35.9 Å². The fourth-order valence-corrected chi connectivity index (χ4v) is 7.08. The number of carbonyl (C=O) groups is 3. The van der Waals surface area contributed by atoms with Crippen molar-refractivity contribution in [2.45, 2.75) is 85.1 Å². The summed E-state index contributed by atoms with van der Waals surface area (Å²) in [5, 5.41) is 0. The molecule has 1 aromatic rings. The minimum atomic E-state index is -3.63. The Morgan fingerprint density at radius 1 is 1.10 bits per heavy atom. The second-order valence-electron chi connectivity index (χ2n) is 11.8. The molecular weight excluding hydrogens is 519 g/mol. The largest absolute Gasteiger partial charge is 0.526 e. The van der Waals surface area contributed by atoms with Crippen molar-refractivity contribution in [3.63, 3.8) is 0 Å². The molecule has 2 rings (SSSR count). The lowest BCUT2D eigenvalue weighted by molar-refractivity contribution is -0.795. The van der Waals surface area contributed by atoms with E-state index in [1.54, 1.807) is 20.8 Å². The van der Waals surface area contributed by atoms with Crippen LogP contribution in [0.1, 0.15) is 78.2 Å². The van der Waals surface area contributed by atoms with E-state index in [9.17, 15) is 23.8 Å². The highest BCUT2D eigenvalue weighted by molar-refractivity contribution is 7.58. The van der Waals surface area contributed by atoms with Gasteiger partial charge in [-0.3, -0.25) is 9.36 Å². The summed E-state index contributed by atoms with van der Waals surface area (Å²) in [5.41, 5.74) is 6.09. The van der Waals surface area contributed by atoms with Crippen molar-refractivity contribution in [1.29, 1.82) is 0 Å². The molecule has 220 valence electrons. The lowest BCUT2D eigenvalue weighted by Gasteiger charge is -2.34. The zero-order valence-electron chi connectivity index (χ0n) is 24.1. The summed E-state index contributed by atoms with van der Waals surface area (Å²) in [6.45, 7) is 7.04. The molecule has 4 atom stereocenters. The quantitative estimate of drug-likeness (QED) is 0.103. The third-order valence-electron chi connectivity index (χ3n) is 7.52. The van der Waals surface area contributed by atoms with Gasteiger partial charge in [-0.1, -0.05) is 36.8 Å². The van der Waals surface area contributed by atoms with Crippen molar-refractivity contribution >= 4 is 25.3 Å². The number of unbranched alkanes of at least 4 members (excludes halogenated alkanes) is 2. The highest BCUT2D eigenvalue weighted by Crippen LogP contribution is 2.46. The van der Waals surface area contributed by atoms with E-state index >= 15 is 0 Å². The maximum absolute atomic E-state index is 14.1. The minimum Gasteiger partial charge on any atom is -0.427 e. The molecule has 3 N–H and O–H groups in total. The van der Waals surface area contributed by atoms with Crippen molar-refractivity contribution in [2.24, 2.45) is 17.1 Å². The highest BCUT2D eigenvalue weighted by Gasteiger charge is 2.56. The Balaban J connectivity index is 2.12. The van der Waals surface area contributed by atoms with Gasteiger partial charge >= 0.3 is 18.0 Å². The zero-order chi connectivity index (χ0) is 29.1. The van der Waals surface area contributed by atoms with Crippen LogP contribution in [0.4, 0.5) is 4.79 Å². The molecule has 1 aromatic carbocycles. The number of imide groups is 1. The van der Waals surface area contributed by atoms with Gasteiger partial charge in [-0.25, -0.2) is 4.79 Å². The molecule has 1 aliphatic heterocycles.